The number of hydrogen-bond donors (Lipinski definition) is 2. The Kier molecular flexibility index (Phi) is 2.02. The zero-order valence-corrected chi connectivity index (χ0v) is 8.09. The molecule has 2 aliphatic rings. The highest BCUT2D eigenvalue weighted by Gasteiger charge is 2.35. The molecule has 0 bridgehead atoms. The number of hydrogen-bond acceptors (Lipinski definition) is 3. The summed E-state index contributed by atoms with van der Waals surface area (Å²) in [7, 11) is 0. The summed E-state index contributed by atoms with van der Waals surface area (Å²) in [4.78, 5) is 4.49. The van der Waals surface area contributed by atoms with Gasteiger partial charge in [-0.25, -0.2) is 4.99 Å². The average molecular weight is 179 g/mol. The smallest absolute Gasteiger partial charge is 0.131 e. The van der Waals surface area contributed by atoms with Gasteiger partial charge in [-0.2, -0.15) is 0 Å². The lowest BCUT2D eigenvalue weighted by Crippen LogP contribution is -2.47. The van der Waals surface area contributed by atoms with E-state index in [1.165, 1.54) is 25.7 Å². The third-order valence-corrected chi connectivity index (χ3v) is 3.14. The molecule has 1 heterocycles. The van der Waals surface area contributed by atoms with E-state index in [1.54, 1.807) is 0 Å². The Hall–Kier alpha value is -0.990. The minimum atomic E-state index is -0.144. The summed E-state index contributed by atoms with van der Waals surface area (Å²) >= 11 is 0. The summed E-state index contributed by atoms with van der Waals surface area (Å²) in [5.41, 5.74) is 5.56. The van der Waals surface area contributed by atoms with E-state index in [1.807, 2.05) is 12.3 Å². The highest BCUT2D eigenvalue weighted by atomic mass is 15.2. The van der Waals surface area contributed by atoms with Gasteiger partial charge in [0, 0.05) is 12.1 Å². The molecule has 2 rings (SSSR count). The molecule has 3 heteroatoms. The Labute approximate surface area is 79.1 Å². The van der Waals surface area contributed by atoms with Crippen LogP contribution in [0.2, 0.25) is 0 Å². The summed E-state index contributed by atoms with van der Waals surface area (Å²) in [6, 6.07) is 0. The van der Waals surface area contributed by atoms with Crippen LogP contribution in [0.1, 0.15) is 32.6 Å². The van der Waals surface area contributed by atoms with Gasteiger partial charge in [0.05, 0.1) is 0 Å². The van der Waals surface area contributed by atoms with Crippen molar-refractivity contribution in [2.45, 2.75) is 38.3 Å². The molecule has 72 valence electrons. The molecule has 0 amide bonds. The molecular weight excluding hydrogens is 162 g/mol. The van der Waals surface area contributed by atoms with Gasteiger partial charge in [-0.1, -0.05) is 12.8 Å². The Morgan fingerprint density at radius 2 is 2.23 bits per heavy atom. The molecular formula is C10H17N3. The minimum absolute atomic E-state index is 0.144. The fourth-order valence-electron chi connectivity index (χ4n) is 2.33. The van der Waals surface area contributed by atoms with Gasteiger partial charge in [0.2, 0.25) is 0 Å². The van der Waals surface area contributed by atoms with E-state index in [0.717, 1.165) is 0 Å². The third-order valence-electron chi connectivity index (χ3n) is 3.14. The highest BCUT2D eigenvalue weighted by molar-refractivity contribution is 5.92. The number of aliphatic imine (C=N–C) groups is 1. The molecule has 1 fully saturated rings. The Morgan fingerprint density at radius 3 is 2.85 bits per heavy atom. The summed E-state index contributed by atoms with van der Waals surface area (Å²) in [5.74, 6) is 1.30. The molecule has 1 atom stereocenters. The van der Waals surface area contributed by atoms with Gasteiger partial charge in [0.25, 0.3) is 0 Å². The zero-order chi connectivity index (χ0) is 9.31. The van der Waals surface area contributed by atoms with Gasteiger partial charge in [0.15, 0.2) is 0 Å². The van der Waals surface area contributed by atoms with Gasteiger partial charge >= 0.3 is 0 Å². The van der Waals surface area contributed by atoms with Gasteiger partial charge in [0.1, 0.15) is 11.5 Å². The van der Waals surface area contributed by atoms with E-state index >= 15 is 0 Å². The van der Waals surface area contributed by atoms with E-state index < -0.39 is 0 Å². The largest absolute Gasteiger partial charge is 0.384 e. The van der Waals surface area contributed by atoms with Crippen LogP contribution in [-0.4, -0.2) is 11.5 Å². The first-order valence-corrected chi connectivity index (χ1v) is 5.00. The summed E-state index contributed by atoms with van der Waals surface area (Å²) < 4.78 is 0. The lowest BCUT2D eigenvalue weighted by atomic mass is 9.92. The van der Waals surface area contributed by atoms with Crippen LogP contribution < -0.4 is 11.1 Å². The quantitative estimate of drug-likeness (QED) is 0.638. The second-order valence-corrected chi connectivity index (χ2v) is 4.14. The van der Waals surface area contributed by atoms with Gasteiger partial charge in [-0.15, -0.1) is 0 Å². The van der Waals surface area contributed by atoms with E-state index in [-0.39, 0.29) is 5.66 Å². The fraction of sp³-hybridized carbons (Fsp3) is 0.700. The monoisotopic (exact) mass is 179 g/mol. The molecule has 1 aliphatic carbocycles. The van der Waals surface area contributed by atoms with E-state index in [0.29, 0.717) is 11.8 Å². The molecule has 0 aromatic carbocycles. The molecule has 1 unspecified atom stereocenters. The average Bonchev–Trinajstić information content (AvgIpc) is 2.55. The van der Waals surface area contributed by atoms with Crippen molar-refractivity contribution < 1.29 is 0 Å². The Morgan fingerprint density at radius 1 is 1.54 bits per heavy atom. The predicted molar refractivity (Wildman–Crippen MR) is 54.3 cm³/mol. The van der Waals surface area contributed by atoms with Crippen molar-refractivity contribution in [3.8, 4) is 0 Å². The van der Waals surface area contributed by atoms with E-state index in [4.69, 9.17) is 5.73 Å². The molecule has 0 saturated heterocycles. The van der Waals surface area contributed by atoms with Crippen LogP contribution in [0.4, 0.5) is 0 Å². The molecule has 0 aromatic heterocycles. The summed E-state index contributed by atoms with van der Waals surface area (Å²) in [6.07, 6.45) is 8.95. The topological polar surface area (TPSA) is 50.4 Å². The maximum absolute atomic E-state index is 5.70. The van der Waals surface area contributed by atoms with Gasteiger partial charge in [-0.05, 0) is 25.8 Å². The number of amidine groups is 1. The third kappa shape index (κ3) is 1.55. The molecule has 3 N–H and O–H groups in total. The number of rotatable bonds is 1. The summed E-state index contributed by atoms with van der Waals surface area (Å²) in [5, 5.41) is 3.32. The van der Waals surface area contributed by atoms with Crippen LogP contribution in [-0.2, 0) is 0 Å². The van der Waals surface area contributed by atoms with Crippen LogP contribution in [0.15, 0.2) is 17.3 Å². The maximum atomic E-state index is 5.70. The van der Waals surface area contributed by atoms with Crippen LogP contribution in [0, 0.1) is 5.92 Å². The first-order chi connectivity index (χ1) is 6.21. The predicted octanol–water partition coefficient (Wildman–Crippen LogP) is 1.37. The van der Waals surface area contributed by atoms with Gasteiger partial charge < -0.3 is 11.1 Å². The maximum Gasteiger partial charge on any atom is 0.131 e. The SMILES string of the molecule is CC1(C2CCCC2)N=C(N)C=CN1. The molecule has 0 aromatic rings. The first-order valence-electron chi connectivity index (χ1n) is 5.00. The molecule has 0 spiro atoms. The van der Waals surface area contributed by atoms with Crippen molar-refractivity contribution in [3.05, 3.63) is 12.3 Å². The number of nitrogens with one attached hydrogen (secondary N) is 1. The van der Waals surface area contributed by atoms with Crippen molar-refractivity contribution in [3.63, 3.8) is 0 Å². The van der Waals surface area contributed by atoms with Crippen LogP contribution in [0.5, 0.6) is 0 Å². The second-order valence-electron chi connectivity index (χ2n) is 4.14. The van der Waals surface area contributed by atoms with Crippen LogP contribution in [0.3, 0.4) is 0 Å². The lowest BCUT2D eigenvalue weighted by molar-refractivity contribution is 0.268. The lowest BCUT2D eigenvalue weighted by Gasteiger charge is -2.34. The van der Waals surface area contributed by atoms with E-state index in [9.17, 15) is 0 Å². The van der Waals surface area contributed by atoms with Crippen molar-refractivity contribution in [2.24, 2.45) is 16.6 Å². The molecule has 3 nitrogen and oxygen atoms in total. The van der Waals surface area contributed by atoms with Crippen LogP contribution >= 0.6 is 0 Å². The van der Waals surface area contributed by atoms with Crippen molar-refractivity contribution in [2.75, 3.05) is 0 Å². The molecule has 0 radical (unpaired) electrons. The van der Waals surface area contributed by atoms with Crippen molar-refractivity contribution in [1.82, 2.24) is 5.32 Å². The van der Waals surface area contributed by atoms with Crippen LogP contribution in [0.25, 0.3) is 0 Å². The van der Waals surface area contributed by atoms with E-state index in [2.05, 4.69) is 17.2 Å². The Balaban J connectivity index is 2.15. The molecule has 1 saturated carbocycles. The zero-order valence-electron chi connectivity index (χ0n) is 8.09. The normalized spacial score (nSPS) is 34.4. The van der Waals surface area contributed by atoms with Gasteiger partial charge in [-0.3, -0.25) is 0 Å². The number of nitrogens with zero attached hydrogens (tertiary/aromatic N) is 1. The molecule has 13 heavy (non-hydrogen) atoms. The standard InChI is InChI=1S/C10H17N3/c1-10(8-4-2-3-5-8)12-7-6-9(11)13-10/h6-8,12H,2-5H2,1H3,(H2,11,13). The second kappa shape index (κ2) is 3.05. The van der Waals surface area contributed by atoms with Crippen molar-refractivity contribution in [1.29, 1.82) is 0 Å². The summed E-state index contributed by atoms with van der Waals surface area (Å²) in [6.45, 7) is 2.14. The first kappa shape index (κ1) is 8.60. The van der Waals surface area contributed by atoms with Crippen molar-refractivity contribution >= 4 is 5.84 Å². The highest BCUT2D eigenvalue weighted by Crippen LogP contribution is 2.35. The minimum Gasteiger partial charge on any atom is -0.384 e. The molecule has 1 aliphatic heterocycles. The number of nitrogens with two attached hydrogens (primary N) is 1. The fourth-order valence-corrected chi connectivity index (χ4v) is 2.33. The Bertz CT molecular complexity index is 251.